The third-order valence-corrected chi connectivity index (χ3v) is 3.59. The molecule has 1 aromatic rings. The SMILES string of the molecule is COC(=O)/C=C/c1ccc(O[C@H]2O[C@@H](CO)[C@H](O)[C@@H](O)[C@@H]2O)cc1. The molecule has 132 valence electrons. The number of rotatable bonds is 5. The first-order valence-electron chi connectivity index (χ1n) is 7.29. The lowest BCUT2D eigenvalue weighted by Crippen LogP contribution is -2.60. The standard InChI is InChI=1S/C16H20O8/c1-22-12(18)7-4-9-2-5-10(6-3-9)23-16-15(21)14(20)13(19)11(8-17)24-16/h2-7,11,13-17,19-21H,8H2,1H3/b7-4+/t11-,13-,14+,15-,16-/m0/s1. The van der Waals surface area contributed by atoms with Crippen molar-refractivity contribution >= 4 is 12.0 Å². The predicted octanol–water partition coefficient (Wildman–Crippen LogP) is -0.949. The maximum absolute atomic E-state index is 11.0. The maximum Gasteiger partial charge on any atom is 0.330 e. The van der Waals surface area contributed by atoms with Gasteiger partial charge in [0.2, 0.25) is 6.29 Å². The molecule has 1 heterocycles. The Balaban J connectivity index is 2.02. The van der Waals surface area contributed by atoms with Crippen LogP contribution in [0.1, 0.15) is 5.56 Å². The lowest BCUT2D eigenvalue weighted by atomic mass is 9.99. The highest BCUT2D eigenvalue weighted by atomic mass is 16.7. The molecule has 0 aromatic heterocycles. The Labute approximate surface area is 138 Å². The highest BCUT2D eigenvalue weighted by Crippen LogP contribution is 2.24. The molecule has 4 N–H and O–H groups in total. The molecule has 0 aliphatic carbocycles. The van der Waals surface area contributed by atoms with Gasteiger partial charge >= 0.3 is 5.97 Å². The molecular formula is C16H20O8. The molecular weight excluding hydrogens is 320 g/mol. The average Bonchev–Trinajstić information content (AvgIpc) is 2.61. The van der Waals surface area contributed by atoms with Crippen molar-refractivity contribution in [2.45, 2.75) is 30.7 Å². The van der Waals surface area contributed by atoms with Gasteiger partial charge in [0.1, 0.15) is 30.2 Å². The van der Waals surface area contributed by atoms with E-state index in [4.69, 9.17) is 14.6 Å². The summed E-state index contributed by atoms with van der Waals surface area (Å²) >= 11 is 0. The number of hydrogen-bond donors (Lipinski definition) is 4. The van der Waals surface area contributed by atoms with Crippen LogP contribution in [0.3, 0.4) is 0 Å². The number of esters is 1. The Morgan fingerprint density at radius 2 is 1.83 bits per heavy atom. The Kier molecular flexibility index (Phi) is 6.29. The van der Waals surface area contributed by atoms with E-state index < -0.39 is 43.3 Å². The molecule has 1 aliphatic heterocycles. The molecule has 8 heteroatoms. The molecule has 2 rings (SSSR count). The van der Waals surface area contributed by atoms with E-state index in [0.29, 0.717) is 5.75 Å². The van der Waals surface area contributed by atoms with Crippen LogP contribution in [0.2, 0.25) is 0 Å². The van der Waals surface area contributed by atoms with Crippen LogP contribution in [0.4, 0.5) is 0 Å². The highest BCUT2D eigenvalue weighted by Gasteiger charge is 2.44. The van der Waals surface area contributed by atoms with Crippen molar-refractivity contribution in [2.75, 3.05) is 13.7 Å². The van der Waals surface area contributed by atoms with Gasteiger partial charge in [-0.05, 0) is 23.8 Å². The molecule has 1 fully saturated rings. The number of methoxy groups -OCH3 is 1. The summed E-state index contributed by atoms with van der Waals surface area (Å²) in [6.07, 6.45) is -3.84. The van der Waals surface area contributed by atoms with E-state index in [0.717, 1.165) is 5.56 Å². The summed E-state index contributed by atoms with van der Waals surface area (Å²) in [6.45, 7) is -0.526. The molecule has 0 bridgehead atoms. The van der Waals surface area contributed by atoms with Crippen molar-refractivity contribution < 1.29 is 39.4 Å². The summed E-state index contributed by atoms with van der Waals surface area (Å²) in [7, 11) is 1.28. The summed E-state index contributed by atoms with van der Waals surface area (Å²) < 4.78 is 15.2. The average molecular weight is 340 g/mol. The normalized spacial score (nSPS) is 30.3. The van der Waals surface area contributed by atoms with E-state index in [1.807, 2.05) is 0 Å². The first-order chi connectivity index (χ1) is 11.5. The fraction of sp³-hybridized carbons (Fsp3) is 0.438. The number of ether oxygens (including phenoxy) is 3. The van der Waals surface area contributed by atoms with Crippen LogP contribution in [0.25, 0.3) is 6.08 Å². The molecule has 1 saturated heterocycles. The number of aliphatic hydroxyl groups excluding tert-OH is 4. The van der Waals surface area contributed by atoms with Crippen molar-refractivity contribution in [2.24, 2.45) is 0 Å². The third-order valence-electron chi connectivity index (χ3n) is 3.59. The molecule has 8 nitrogen and oxygen atoms in total. The maximum atomic E-state index is 11.0. The zero-order chi connectivity index (χ0) is 17.7. The summed E-state index contributed by atoms with van der Waals surface area (Å²) in [5, 5.41) is 38.5. The Hall–Kier alpha value is -1.97. The van der Waals surface area contributed by atoms with Crippen LogP contribution in [0.15, 0.2) is 30.3 Å². The van der Waals surface area contributed by atoms with Crippen LogP contribution in [-0.4, -0.2) is 70.8 Å². The van der Waals surface area contributed by atoms with Gasteiger partial charge in [-0.2, -0.15) is 0 Å². The van der Waals surface area contributed by atoms with Gasteiger partial charge in [0, 0.05) is 6.08 Å². The zero-order valence-corrected chi connectivity index (χ0v) is 13.0. The van der Waals surface area contributed by atoms with E-state index in [2.05, 4.69) is 4.74 Å². The quantitative estimate of drug-likeness (QED) is 0.399. The minimum Gasteiger partial charge on any atom is -0.466 e. The van der Waals surface area contributed by atoms with E-state index in [1.54, 1.807) is 30.3 Å². The number of aliphatic hydroxyl groups is 4. The van der Waals surface area contributed by atoms with Crippen molar-refractivity contribution in [1.29, 1.82) is 0 Å². The van der Waals surface area contributed by atoms with Crippen molar-refractivity contribution in [3.63, 3.8) is 0 Å². The number of benzene rings is 1. The van der Waals surface area contributed by atoms with Crippen LogP contribution in [0, 0.1) is 0 Å². The fourth-order valence-electron chi connectivity index (χ4n) is 2.19. The summed E-state index contributed by atoms with van der Waals surface area (Å²) in [5.74, 6) is -0.133. The monoisotopic (exact) mass is 340 g/mol. The molecule has 5 atom stereocenters. The second-order valence-electron chi connectivity index (χ2n) is 5.24. The first-order valence-corrected chi connectivity index (χ1v) is 7.29. The fourth-order valence-corrected chi connectivity index (χ4v) is 2.19. The van der Waals surface area contributed by atoms with E-state index >= 15 is 0 Å². The number of carbonyl (C=O) groups is 1. The molecule has 0 unspecified atom stereocenters. The molecule has 0 amide bonds. The second kappa shape index (κ2) is 8.22. The first kappa shape index (κ1) is 18.4. The smallest absolute Gasteiger partial charge is 0.330 e. The van der Waals surface area contributed by atoms with Crippen LogP contribution < -0.4 is 4.74 Å². The van der Waals surface area contributed by atoms with Crippen molar-refractivity contribution in [1.82, 2.24) is 0 Å². The third kappa shape index (κ3) is 4.31. The zero-order valence-electron chi connectivity index (χ0n) is 13.0. The topological polar surface area (TPSA) is 126 Å². The Bertz CT molecular complexity index is 568. The number of hydrogen-bond acceptors (Lipinski definition) is 8. The minimum atomic E-state index is -1.50. The van der Waals surface area contributed by atoms with Crippen molar-refractivity contribution in [3.05, 3.63) is 35.9 Å². The number of carbonyl (C=O) groups excluding carboxylic acids is 1. The van der Waals surface area contributed by atoms with Gasteiger partial charge in [-0.15, -0.1) is 0 Å². The summed E-state index contributed by atoms with van der Waals surface area (Å²) in [4.78, 5) is 11.0. The molecule has 0 saturated carbocycles. The van der Waals surface area contributed by atoms with E-state index in [9.17, 15) is 20.1 Å². The minimum absolute atomic E-state index is 0.342. The van der Waals surface area contributed by atoms with Gasteiger partial charge in [-0.25, -0.2) is 4.79 Å². The van der Waals surface area contributed by atoms with Gasteiger partial charge in [-0.3, -0.25) is 0 Å². The predicted molar refractivity (Wildman–Crippen MR) is 81.9 cm³/mol. The van der Waals surface area contributed by atoms with Crippen molar-refractivity contribution in [3.8, 4) is 5.75 Å². The van der Waals surface area contributed by atoms with Gasteiger partial charge < -0.3 is 34.6 Å². The van der Waals surface area contributed by atoms with Gasteiger partial charge in [-0.1, -0.05) is 12.1 Å². The van der Waals surface area contributed by atoms with Gasteiger partial charge in [0.15, 0.2) is 0 Å². The molecule has 1 aliphatic rings. The summed E-state index contributed by atoms with van der Waals surface area (Å²) in [6, 6.07) is 6.49. The van der Waals surface area contributed by atoms with E-state index in [1.165, 1.54) is 13.2 Å². The van der Waals surface area contributed by atoms with Crippen LogP contribution >= 0.6 is 0 Å². The largest absolute Gasteiger partial charge is 0.466 e. The van der Waals surface area contributed by atoms with Gasteiger partial charge in [0.25, 0.3) is 0 Å². The second-order valence-corrected chi connectivity index (χ2v) is 5.24. The Morgan fingerprint density at radius 3 is 2.42 bits per heavy atom. The molecule has 1 aromatic carbocycles. The van der Waals surface area contributed by atoms with Gasteiger partial charge in [0.05, 0.1) is 13.7 Å². The Morgan fingerprint density at radius 1 is 1.17 bits per heavy atom. The molecule has 0 spiro atoms. The lowest BCUT2D eigenvalue weighted by Gasteiger charge is -2.39. The van der Waals surface area contributed by atoms with Crippen LogP contribution in [-0.2, 0) is 14.3 Å². The van der Waals surface area contributed by atoms with Crippen LogP contribution in [0.5, 0.6) is 5.75 Å². The molecule has 24 heavy (non-hydrogen) atoms. The van der Waals surface area contributed by atoms with E-state index in [-0.39, 0.29) is 0 Å². The highest BCUT2D eigenvalue weighted by molar-refractivity contribution is 5.86. The lowest BCUT2D eigenvalue weighted by molar-refractivity contribution is -0.277. The summed E-state index contributed by atoms with van der Waals surface area (Å²) in [5.41, 5.74) is 0.724. The molecule has 0 radical (unpaired) electrons.